The highest BCUT2D eigenvalue weighted by molar-refractivity contribution is 7.89. The van der Waals surface area contributed by atoms with Crippen LogP contribution in [0.1, 0.15) is 39.1 Å². The van der Waals surface area contributed by atoms with Crippen molar-refractivity contribution < 1.29 is 80.4 Å². The van der Waals surface area contributed by atoms with E-state index >= 15 is 0 Å². The molecule has 1 aliphatic heterocycles. The lowest BCUT2D eigenvalue weighted by atomic mass is 9.93. The summed E-state index contributed by atoms with van der Waals surface area (Å²) >= 11 is 0. The van der Waals surface area contributed by atoms with Crippen LogP contribution in [0.5, 0.6) is 11.5 Å². The summed E-state index contributed by atoms with van der Waals surface area (Å²) in [6.07, 6.45) is 0. The molecule has 0 saturated carbocycles. The molecule has 1 aromatic heterocycles. The van der Waals surface area contributed by atoms with Crippen LogP contribution in [0.15, 0.2) is 74.9 Å². The fourth-order valence-electron chi connectivity index (χ4n) is 6.14. The topological polar surface area (TPSA) is 325 Å². The molecule has 20 heteroatoms. The highest BCUT2D eigenvalue weighted by Gasteiger charge is 2.27. The van der Waals surface area contributed by atoms with Crippen LogP contribution in [0, 0.1) is 6.92 Å². The first-order chi connectivity index (χ1) is 23.1. The number of nitrogens with zero attached hydrogens (tertiary/aromatic N) is 3. The molecule has 0 amide bonds. The van der Waals surface area contributed by atoms with Crippen LogP contribution < -0.4 is 36.5 Å². The van der Waals surface area contributed by atoms with Gasteiger partial charge in [0.15, 0.2) is 11.4 Å². The molecule has 2 aromatic carbocycles. The Morgan fingerprint density at radius 3 is 2.00 bits per heavy atom. The molecule has 0 atom stereocenters. The van der Waals surface area contributed by atoms with E-state index in [0.717, 1.165) is 43.3 Å². The molecule has 0 spiro atoms. The zero-order chi connectivity index (χ0) is 35.8. The summed E-state index contributed by atoms with van der Waals surface area (Å²) in [4.78, 5) is 0.960. The second kappa shape index (κ2) is 20.5. The molecule has 55 heavy (non-hydrogen) atoms. The predicted octanol–water partition coefficient (Wildman–Crippen LogP) is -3.33. The zero-order valence-electron chi connectivity index (χ0n) is 31.2. The number of hydrogen-bond acceptors (Lipinski definition) is 9. The molecule has 17 nitrogen and oxygen atoms in total. The Bertz CT molecular complexity index is 2320. The third kappa shape index (κ3) is 10.3. The summed E-state index contributed by atoms with van der Waals surface area (Å²) < 4.78 is 78.1. The van der Waals surface area contributed by atoms with E-state index in [0.29, 0.717) is 33.6 Å². The van der Waals surface area contributed by atoms with Gasteiger partial charge in [0.05, 0.1) is 28.5 Å². The number of halogens is 1. The molecule has 1 aliphatic carbocycles. The fourth-order valence-corrected chi connectivity index (χ4v) is 7.94. The maximum absolute atomic E-state index is 13.5. The van der Waals surface area contributed by atoms with Gasteiger partial charge in [-0.1, -0.05) is 6.07 Å². The van der Waals surface area contributed by atoms with Crippen molar-refractivity contribution >= 4 is 36.8 Å². The van der Waals surface area contributed by atoms with Crippen molar-refractivity contribution in [2.45, 2.75) is 51.0 Å². The van der Waals surface area contributed by atoms with Gasteiger partial charge in [0.25, 0.3) is 0 Å². The first-order valence-corrected chi connectivity index (χ1v) is 18.9. The Labute approximate surface area is 325 Å². The van der Waals surface area contributed by atoms with E-state index in [9.17, 15) is 31.6 Å². The summed E-state index contributed by atoms with van der Waals surface area (Å²) in [5.74, 6) is -0.461. The lowest BCUT2D eigenvalue weighted by Crippen LogP contribution is -3.00. The zero-order valence-corrected chi connectivity index (χ0v) is 33.6. The van der Waals surface area contributed by atoms with Gasteiger partial charge in [-0.3, -0.25) is 0 Å². The number of anilines is 1. The summed E-state index contributed by atoms with van der Waals surface area (Å²) in [6.45, 7) is 12.4. The first kappa shape index (κ1) is 52.7. The summed E-state index contributed by atoms with van der Waals surface area (Å²) in [5.41, 5.74) is 2.97. The minimum atomic E-state index is -5.22. The number of aromatic nitrogens is 1. The van der Waals surface area contributed by atoms with Gasteiger partial charge in [-0.25, -0.2) is 26.1 Å². The van der Waals surface area contributed by atoms with Gasteiger partial charge in [0.2, 0.25) is 26.8 Å². The van der Waals surface area contributed by atoms with Crippen LogP contribution in [-0.2, 0) is 33.7 Å². The lowest BCUT2D eigenvalue weighted by molar-refractivity contribution is -0.685. The predicted molar refractivity (Wildman–Crippen MR) is 204 cm³/mol. The third-order valence-corrected chi connectivity index (χ3v) is 11.2. The number of pyridine rings is 1. The maximum atomic E-state index is 13.5. The first-order valence-electron chi connectivity index (χ1n) is 16.0. The second-order valence-corrected chi connectivity index (χ2v) is 14.8. The summed E-state index contributed by atoms with van der Waals surface area (Å²) in [6, 6.07) is 15.9. The quantitative estimate of drug-likeness (QED) is 0.0680. The van der Waals surface area contributed by atoms with E-state index in [1.165, 1.54) is 22.8 Å². The van der Waals surface area contributed by atoms with Gasteiger partial charge in [-0.15, -0.1) is 0 Å². The molecule has 0 saturated heterocycles. The number of sulfonamides is 1. The van der Waals surface area contributed by atoms with E-state index < -0.39 is 48.0 Å². The summed E-state index contributed by atoms with van der Waals surface area (Å²) in [5, 5.41) is 21.9. The Balaban J connectivity index is 0. The Hall–Kier alpha value is -4.41. The number of fused-ring (bicyclic) bond motifs is 2. The third-order valence-electron chi connectivity index (χ3n) is 8.97. The van der Waals surface area contributed by atoms with Crippen LogP contribution in [-0.4, -0.2) is 85.2 Å². The minimum Gasteiger partial charge on any atom is -1.00 e. The van der Waals surface area contributed by atoms with E-state index in [4.69, 9.17) is 4.42 Å². The largest absolute Gasteiger partial charge is 1.00 e. The average Bonchev–Trinajstić information content (AvgIpc) is 3.06. The Kier molecular flexibility index (Phi) is 19.6. The van der Waals surface area contributed by atoms with Gasteiger partial charge < -0.3 is 63.9 Å². The van der Waals surface area contributed by atoms with Crippen molar-refractivity contribution in [3.8, 4) is 33.9 Å². The molecule has 3 aromatic rings. The highest BCUT2D eigenvalue weighted by Crippen LogP contribution is 2.43. The van der Waals surface area contributed by atoms with Crippen LogP contribution in [0.25, 0.3) is 33.4 Å². The molecule has 13 N–H and O–H groups in total. The van der Waals surface area contributed by atoms with Gasteiger partial charge in [0, 0.05) is 59.9 Å². The molecular weight excluding hydrogens is 784 g/mol. The number of nitrogens with one attached hydrogen (secondary N) is 1. The molecule has 0 fully saturated rings. The van der Waals surface area contributed by atoms with Gasteiger partial charge in [-0.05, 0) is 58.0 Å². The molecule has 2 heterocycles. The van der Waals surface area contributed by atoms with Crippen LogP contribution in [0.2, 0.25) is 0 Å². The van der Waals surface area contributed by atoms with Crippen molar-refractivity contribution in [2.24, 2.45) is 7.05 Å². The molecular formula is C35H51ClN4O13S2. The van der Waals surface area contributed by atoms with Crippen molar-refractivity contribution in [1.82, 2.24) is 9.30 Å². The van der Waals surface area contributed by atoms with Gasteiger partial charge >= 0.3 is 0 Å². The minimum absolute atomic E-state index is 0. The number of rotatable bonds is 11. The van der Waals surface area contributed by atoms with E-state index in [1.54, 1.807) is 14.0 Å². The van der Waals surface area contributed by atoms with Crippen LogP contribution in [0.4, 0.5) is 5.69 Å². The van der Waals surface area contributed by atoms with E-state index in [-0.39, 0.29) is 51.0 Å². The number of aryl methyl sites for hydroxylation is 1. The molecule has 0 bridgehead atoms. The SMILES string of the molecule is CCN(CC)c1ccc2c(-c3ccc(S(=O)(=O)NCc4c(O)c(O)cc(C)[n+]4C)cc3S(=O)(=O)[O-])c3ccc(=[N+](CC)CC)cc-3oc2c1.O.O.O.O.O.[Cl-]. The van der Waals surface area contributed by atoms with Crippen molar-refractivity contribution in [3.05, 3.63) is 77.4 Å². The molecule has 2 aliphatic rings. The average molecular weight is 835 g/mol. The monoisotopic (exact) mass is 834 g/mol. The van der Waals surface area contributed by atoms with E-state index in [2.05, 4.69) is 14.2 Å². The maximum Gasteiger partial charge on any atom is 0.242 e. The van der Waals surface area contributed by atoms with Crippen LogP contribution >= 0.6 is 0 Å². The highest BCUT2D eigenvalue weighted by atomic mass is 35.5. The van der Waals surface area contributed by atoms with Crippen molar-refractivity contribution in [3.63, 3.8) is 0 Å². The Morgan fingerprint density at radius 1 is 0.836 bits per heavy atom. The fraction of sp³-hybridized carbons (Fsp3) is 0.314. The Morgan fingerprint density at radius 2 is 1.44 bits per heavy atom. The van der Waals surface area contributed by atoms with E-state index in [1.807, 2.05) is 64.1 Å². The summed E-state index contributed by atoms with van der Waals surface area (Å²) in [7, 11) is -8.05. The normalized spacial score (nSPS) is 10.8. The number of hydrogen-bond donors (Lipinski definition) is 3. The number of aromatic hydroxyl groups is 2. The molecule has 308 valence electrons. The molecule has 5 rings (SSSR count). The van der Waals surface area contributed by atoms with Gasteiger partial charge in [-0.2, -0.15) is 4.57 Å². The van der Waals surface area contributed by atoms with Crippen molar-refractivity contribution in [2.75, 3.05) is 31.1 Å². The molecule has 0 radical (unpaired) electrons. The van der Waals surface area contributed by atoms with Gasteiger partial charge in [0.1, 0.15) is 41.6 Å². The molecule has 0 unspecified atom stereocenters. The van der Waals surface area contributed by atoms with Crippen LogP contribution in [0.3, 0.4) is 0 Å². The smallest absolute Gasteiger partial charge is 0.242 e. The second-order valence-electron chi connectivity index (χ2n) is 11.6. The van der Waals surface area contributed by atoms with Crippen molar-refractivity contribution in [1.29, 1.82) is 0 Å². The lowest BCUT2D eigenvalue weighted by Gasteiger charge is -2.23. The standard InChI is InChI=1S/C35H40N4O8S2.ClH.5H2O/c1-7-38(8-2)23-11-14-26-31(18-23)47-32-19-24(39(9-3)10-4)12-15-27(32)34(26)28-16-13-25(20-33(28)49(44,45)46)48(42,43)36-21-29-35(41)30(40)17-22(5)37(29)6;;;;;;/h11-20,36H,7-10,21H2,1-6H3,(H-,41,44,45,46);1H;5*1H2. The number of benzene rings is 3.